The number of carboxylic acids is 1. The molecule has 7 nitrogen and oxygen atoms in total. The van der Waals surface area contributed by atoms with Crippen molar-refractivity contribution in [1.29, 1.82) is 0 Å². The first kappa shape index (κ1) is 17.3. The van der Waals surface area contributed by atoms with Crippen LogP contribution in [0.4, 0.5) is 0 Å². The number of carbonyl (C=O) groups is 2. The number of nitrogens with zero attached hydrogens (tertiary/aromatic N) is 1. The standard InChI is InChI=1S/C12H16N2O5S3/c1-8(12(16)17)13-11(15)10-9(2-5-21-10)22(18,19)14-3-6-20-7-4-14/h2,5,8H,3-4,6-7H2,1H3,(H,13,15)(H,16,17)/t8-/m0/s1. The van der Waals surface area contributed by atoms with Crippen LogP contribution in [0.3, 0.4) is 0 Å². The van der Waals surface area contributed by atoms with E-state index in [9.17, 15) is 18.0 Å². The van der Waals surface area contributed by atoms with Gasteiger partial charge in [0.25, 0.3) is 5.91 Å². The van der Waals surface area contributed by atoms with Crippen molar-refractivity contribution in [3.8, 4) is 0 Å². The lowest BCUT2D eigenvalue weighted by Gasteiger charge is -2.25. The number of rotatable bonds is 5. The van der Waals surface area contributed by atoms with Gasteiger partial charge in [0.05, 0.1) is 0 Å². The third-order valence-corrected chi connectivity index (χ3v) is 7.07. The van der Waals surface area contributed by atoms with Crippen LogP contribution in [-0.4, -0.2) is 60.3 Å². The summed E-state index contributed by atoms with van der Waals surface area (Å²) in [6.07, 6.45) is 0. The fourth-order valence-electron chi connectivity index (χ4n) is 1.92. The average Bonchev–Trinajstić information content (AvgIpc) is 2.98. The van der Waals surface area contributed by atoms with Gasteiger partial charge in [-0.3, -0.25) is 9.59 Å². The van der Waals surface area contributed by atoms with Crippen molar-refractivity contribution in [2.24, 2.45) is 0 Å². The predicted molar refractivity (Wildman–Crippen MR) is 85.0 cm³/mol. The van der Waals surface area contributed by atoms with Gasteiger partial charge in [-0.2, -0.15) is 16.1 Å². The van der Waals surface area contributed by atoms with E-state index in [4.69, 9.17) is 5.11 Å². The summed E-state index contributed by atoms with van der Waals surface area (Å²) in [6, 6.07) is 0.304. The number of hydrogen-bond donors (Lipinski definition) is 2. The molecular weight excluding hydrogens is 348 g/mol. The van der Waals surface area contributed by atoms with Gasteiger partial charge in [-0.25, -0.2) is 8.42 Å². The topological polar surface area (TPSA) is 104 Å². The second-order valence-electron chi connectivity index (χ2n) is 4.66. The first-order valence-electron chi connectivity index (χ1n) is 6.53. The van der Waals surface area contributed by atoms with Gasteiger partial charge in [0.2, 0.25) is 10.0 Å². The highest BCUT2D eigenvalue weighted by Crippen LogP contribution is 2.27. The van der Waals surface area contributed by atoms with Crippen LogP contribution in [0.1, 0.15) is 16.6 Å². The second kappa shape index (κ2) is 6.99. The molecule has 1 aromatic heterocycles. The summed E-state index contributed by atoms with van der Waals surface area (Å²) in [4.78, 5) is 22.9. The van der Waals surface area contributed by atoms with E-state index in [1.165, 1.54) is 22.7 Å². The molecule has 0 unspecified atom stereocenters. The van der Waals surface area contributed by atoms with Crippen LogP contribution in [0.2, 0.25) is 0 Å². The molecule has 2 rings (SSSR count). The number of thioether (sulfide) groups is 1. The second-order valence-corrected chi connectivity index (χ2v) is 8.71. The van der Waals surface area contributed by atoms with Gasteiger partial charge < -0.3 is 10.4 Å². The zero-order valence-electron chi connectivity index (χ0n) is 11.8. The van der Waals surface area contributed by atoms with Gasteiger partial charge >= 0.3 is 5.97 Å². The van der Waals surface area contributed by atoms with E-state index in [1.54, 1.807) is 11.8 Å². The Hall–Kier alpha value is -1.10. The van der Waals surface area contributed by atoms with Crippen LogP contribution in [0.15, 0.2) is 16.3 Å². The minimum atomic E-state index is -3.73. The molecule has 10 heteroatoms. The molecular formula is C12H16N2O5S3. The molecule has 0 spiro atoms. The molecule has 0 saturated carbocycles. The number of sulfonamides is 1. The maximum Gasteiger partial charge on any atom is 0.325 e. The fraction of sp³-hybridized carbons (Fsp3) is 0.500. The Morgan fingerprint density at radius 2 is 2.00 bits per heavy atom. The van der Waals surface area contributed by atoms with Crippen LogP contribution in [0.5, 0.6) is 0 Å². The zero-order valence-corrected chi connectivity index (χ0v) is 14.3. The zero-order chi connectivity index (χ0) is 16.3. The Morgan fingerprint density at radius 3 is 2.59 bits per heavy atom. The molecule has 0 radical (unpaired) electrons. The summed E-state index contributed by atoms with van der Waals surface area (Å²) < 4.78 is 26.6. The van der Waals surface area contributed by atoms with E-state index < -0.39 is 27.9 Å². The van der Waals surface area contributed by atoms with Gasteiger partial charge in [-0.1, -0.05) is 0 Å². The Morgan fingerprint density at radius 1 is 1.36 bits per heavy atom. The molecule has 0 aliphatic carbocycles. The van der Waals surface area contributed by atoms with Crippen LogP contribution >= 0.6 is 23.1 Å². The molecule has 1 fully saturated rings. The number of amides is 1. The number of carboxylic acid groups (broad SMARTS) is 1. The van der Waals surface area contributed by atoms with Crippen molar-refractivity contribution in [3.63, 3.8) is 0 Å². The van der Waals surface area contributed by atoms with E-state index in [0.29, 0.717) is 13.1 Å². The van der Waals surface area contributed by atoms with Crippen LogP contribution in [-0.2, 0) is 14.8 Å². The molecule has 122 valence electrons. The number of carbonyl (C=O) groups excluding carboxylic acids is 1. The molecule has 0 aromatic carbocycles. The van der Waals surface area contributed by atoms with Crippen LogP contribution in [0.25, 0.3) is 0 Å². The normalized spacial score (nSPS) is 17.9. The highest BCUT2D eigenvalue weighted by Gasteiger charge is 2.31. The number of nitrogens with one attached hydrogen (secondary N) is 1. The molecule has 22 heavy (non-hydrogen) atoms. The van der Waals surface area contributed by atoms with E-state index in [-0.39, 0.29) is 9.77 Å². The molecule has 2 N–H and O–H groups in total. The molecule has 1 aromatic rings. The number of hydrogen-bond acceptors (Lipinski definition) is 6. The van der Waals surface area contributed by atoms with Crippen molar-refractivity contribution in [1.82, 2.24) is 9.62 Å². The Balaban J connectivity index is 2.25. The summed E-state index contributed by atoms with van der Waals surface area (Å²) in [6.45, 7) is 2.15. The fourth-order valence-corrected chi connectivity index (χ4v) is 5.80. The van der Waals surface area contributed by atoms with E-state index in [0.717, 1.165) is 22.8 Å². The Bertz CT molecular complexity index is 664. The maximum atomic E-state index is 12.6. The quantitative estimate of drug-likeness (QED) is 0.797. The molecule has 1 atom stereocenters. The lowest BCUT2D eigenvalue weighted by atomic mass is 10.3. The Labute approximate surface area is 136 Å². The van der Waals surface area contributed by atoms with Gasteiger partial charge in [0.1, 0.15) is 15.8 Å². The third-order valence-electron chi connectivity index (χ3n) is 3.14. The monoisotopic (exact) mass is 364 g/mol. The molecule has 1 amide bonds. The maximum absolute atomic E-state index is 12.6. The van der Waals surface area contributed by atoms with Gasteiger partial charge in [0.15, 0.2) is 0 Å². The Kier molecular flexibility index (Phi) is 5.48. The first-order chi connectivity index (χ1) is 10.3. The van der Waals surface area contributed by atoms with E-state index in [1.807, 2.05) is 0 Å². The van der Waals surface area contributed by atoms with Gasteiger partial charge in [-0.05, 0) is 18.4 Å². The summed E-state index contributed by atoms with van der Waals surface area (Å²) in [7, 11) is -3.73. The van der Waals surface area contributed by atoms with Crippen molar-refractivity contribution in [3.05, 3.63) is 16.3 Å². The SMILES string of the molecule is C[C@H](NC(=O)c1sccc1S(=O)(=O)N1CCSCC1)C(=O)O. The van der Waals surface area contributed by atoms with E-state index in [2.05, 4.69) is 5.32 Å². The third kappa shape index (κ3) is 3.62. The number of aliphatic carboxylic acids is 1. The van der Waals surface area contributed by atoms with Crippen molar-refractivity contribution >= 4 is 45.0 Å². The van der Waals surface area contributed by atoms with Crippen molar-refractivity contribution in [2.75, 3.05) is 24.6 Å². The first-order valence-corrected chi connectivity index (χ1v) is 10.0. The smallest absolute Gasteiger partial charge is 0.325 e. The minimum absolute atomic E-state index is 0.0197. The average molecular weight is 364 g/mol. The van der Waals surface area contributed by atoms with Crippen LogP contribution in [0, 0.1) is 0 Å². The molecule has 2 heterocycles. The minimum Gasteiger partial charge on any atom is -0.480 e. The highest BCUT2D eigenvalue weighted by atomic mass is 32.2. The molecule has 1 aliphatic rings. The lowest BCUT2D eigenvalue weighted by Crippen LogP contribution is -2.40. The summed E-state index contributed by atoms with van der Waals surface area (Å²) >= 11 is 2.67. The summed E-state index contributed by atoms with van der Waals surface area (Å²) in [5.41, 5.74) is 0. The number of thiophene rings is 1. The molecule has 1 saturated heterocycles. The van der Waals surface area contributed by atoms with Crippen LogP contribution < -0.4 is 5.32 Å². The highest BCUT2D eigenvalue weighted by molar-refractivity contribution is 7.99. The lowest BCUT2D eigenvalue weighted by molar-refractivity contribution is -0.138. The summed E-state index contributed by atoms with van der Waals surface area (Å²) in [5, 5.41) is 12.6. The van der Waals surface area contributed by atoms with Crippen molar-refractivity contribution < 1.29 is 23.1 Å². The molecule has 0 bridgehead atoms. The summed E-state index contributed by atoms with van der Waals surface area (Å²) in [5.74, 6) is -0.417. The molecule has 1 aliphatic heterocycles. The van der Waals surface area contributed by atoms with E-state index >= 15 is 0 Å². The predicted octanol–water partition coefficient (Wildman–Crippen LogP) is 0.688. The largest absolute Gasteiger partial charge is 0.480 e. The van der Waals surface area contributed by atoms with Gasteiger partial charge in [-0.15, -0.1) is 11.3 Å². The van der Waals surface area contributed by atoms with Gasteiger partial charge in [0, 0.05) is 24.6 Å². The van der Waals surface area contributed by atoms with Crippen molar-refractivity contribution in [2.45, 2.75) is 17.9 Å².